The summed E-state index contributed by atoms with van der Waals surface area (Å²) in [5, 5.41) is 4.40. The number of nitrogens with zero attached hydrogens (tertiary/aromatic N) is 1. The largest absolute Gasteiger partial charge is 0.495 e. The van der Waals surface area contributed by atoms with Crippen molar-refractivity contribution in [3.05, 3.63) is 95.7 Å². The van der Waals surface area contributed by atoms with Crippen molar-refractivity contribution >= 4 is 23.7 Å². The molecule has 0 unspecified atom stereocenters. The molecule has 0 saturated carbocycles. The van der Waals surface area contributed by atoms with Gasteiger partial charge < -0.3 is 13.9 Å². The van der Waals surface area contributed by atoms with E-state index in [1.165, 1.54) is 6.21 Å². The molecule has 0 aliphatic carbocycles. The molecule has 3 aromatic carbocycles. The van der Waals surface area contributed by atoms with Crippen LogP contribution in [-0.4, -0.2) is 25.8 Å². The van der Waals surface area contributed by atoms with Gasteiger partial charge in [0.25, 0.3) is 5.91 Å². The quantitative estimate of drug-likeness (QED) is 0.266. The minimum absolute atomic E-state index is 0.157. The predicted octanol–water partition coefficient (Wildman–Crippen LogP) is 5.80. The molecule has 0 radical (unpaired) electrons. The molecule has 0 fully saturated rings. The van der Waals surface area contributed by atoms with Crippen LogP contribution in [-0.2, 0) is 4.79 Å². The lowest BCUT2D eigenvalue weighted by Gasteiger charge is -2.06. The Kier molecular flexibility index (Phi) is 7.07. The summed E-state index contributed by atoms with van der Waals surface area (Å²) in [5.41, 5.74) is 5.42. The summed E-state index contributed by atoms with van der Waals surface area (Å²) in [6.07, 6.45) is 1.42. The zero-order valence-electron chi connectivity index (χ0n) is 17.8. The molecule has 4 aromatic rings. The zero-order chi connectivity index (χ0) is 23.0. The fraction of sp³-hybridized carbons (Fsp3) is 0.0769. The lowest BCUT2D eigenvalue weighted by Crippen LogP contribution is -2.24. The average Bonchev–Trinajstić information content (AvgIpc) is 3.32. The monoisotopic (exact) mass is 460 g/mol. The van der Waals surface area contributed by atoms with E-state index >= 15 is 0 Å². The van der Waals surface area contributed by atoms with Gasteiger partial charge >= 0.3 is 0 Å². The molecule has 1 heterocycles. The number of nitrogens with one attached hydrogen (secondary N) is 1. The van der Waals surface area contributed by atoms with E-state index in [2.05, 4.69) is 10.5 Å². The highest BCUT2D eigenvalue weighted by Crippen LogP contribution is 2.30. The Labute approximate surface area is 196 Å². The van der Waals surface area contributed by atoms with Gasteiger partial charge in [0.05, 0.1) is 18.3 Å². The summed E-state index contributed by atoms with van der Waals surface area (Å²) < 4.78 is 16.4. The number of benzene rings is 3. The number of carbonyl (C=O) groups excluding carboxylic acids is 1. The number of hydrogen-bond donors (Lipinski definition) is 1. The Hall–Kier alpha value is -4.03. The van der Waals surface area contributed by atoms with Crippen LogP contribution >= 0.6 is 11.6 Å². The van der Waals surface area contributed by atoms with Crippen LogP contribution in [0.3, 0.4) is 0 Å². The molecule has 0 saturated heterocycles. The Morgan fingerprint density at radius 3 is 2.42 bits per heavy atom. The maximum atomic E-state index is 12.0. The smallest absolute Gasteiger partial charge is 0.277 e. The van der Waals surface area contributed by atoms with Crippen molar-refractivity contribution in [1.82, 2.24) is 5.43 Å². The number of carbonyl (C=O) groups is 1. The fourth-order valence-corrected chi connectivity index (χ4v) is 3.38. The van der Waals surface area contributed by atoms with E-state index in [0.717, 1.165) is 16.7 Å². The minimum Gasteiger partial charge on any atom is -0.495 e. The second kappa shape index (κ2) is 10.5. The number of halogens is 1. The Morgan fingerprint density at radius 2 is 1.70 bits per heavy atom. The molecule has 0 aliphatic heterocycles. The molecule has 1 N–H and O–H groups in total. The molecule has 0 bridgehead atoms. The van der Waals surface area contributed by atoms with E-state index in [0.29, 0.717) is 28.0 Å². The van der Waals surface area contributed by atoms with Crippen LogP contribution < -0.4 is 14.9 Å². The molecule has 1 aromatic heterocycles. The van der Waals surface area contributed by atoms with Crippen molar-refractivity contribution in [2.75, 3.05) is 13.7 Å². The highest BCUT2D eigenvalue weighted by Gasteiger charge is 2.08. The lowest BCUT2D eigenvalue weighted by atomic mass is 10.1. The van der Waals surface area contributed by atoms with Gasteiger partial charge in [-0.25, -0.2) is 5.43 Å². The molecule has 7 heteroatoms. The van der Waals surface area contributed by atoms with Gasteiger partial charge in [-0.2, -0.15) is 5.10 Å². The van der Waals surface area contributed by atoms with Crippen molar-refractivity contribution in [2.24, 2.45) is 5.10 Å². The number of rotatable bonds is 8. The molecular weight excluding hydrogens is 440 g/mol. The number of ether oxygens (including phenoxy) is 2. The second-order valence-electron chi connectivity index (χ2n) is 7.02. The third kappa shape index (κ3) is 5.81. The first-order chi connectivity index (χ1) is 16.1. The Morgan fingerprint density at radius 1 is 0.970 bits per heavy atom. The summed E-state index contributed by atoms with van der Waals surface area (Å²) in [5.74, 6) is 1.91. The molecule has 166 valence electrons. The van der Waals surface area contributed by atoms with E-state index in [1.807, 2.05) is 60.7 Å². The van der Waals surface area contributed by atoms with Crippen LogP contribution in [0.4, 0.5) is 0 Å². The maximum absolute atomic E-state index is 12.0. The van der Waals surface area contributed by atoms with Gasteiger partial charge in [-0.15, -0.1) is 0 Å². The SMILES string of the molecule is COc1ccc(-c2ccc(C=NNC(=O)COc3ccc(-c4ccccc4)cc3)o2)cc1Cl. The van der Waals surface area contributed by atoms with Crippen LogP contribution in [0.2, 0.25) is 5.02 Å². The fourth-order valence-electron chi connectivity index (χ4n) is 3.12. The predicted molar refractivity (Wildman–Crippen MR) is 129 cm³/mol. The molecule has 0 spiro atoms. The van der Waals surface area contributed by atoms with Gasteiger partial charge in [0, 0.05) is 5.56 Å². The van der Waals surface area contributed by atoms with Crippen molar-refractivity contribution in [3.63, 3.8) is 0 Å². The summed E-state index contributed by atoms with van der Waals surface area (Å²) in [6, 6.07) is 26.5. The molecular formula is C26H21ClN2O4. The van der Waals surface area contributed by atoms with Crippen LogP contribution in [0.5, 0.6) is 11.5 Å². The average molecular weight is 461 g/mol. The molecule has 0 atom stereocenters. The third-order valence-electron chi connectivity index (χ3n) is 4.78. The topological polar surface area (TPSA) is 73.1 Å². The van der Waals surface area contributed by atoms with Gasteiger partial charge in [0.2, 0.25) is 0 Å². The van der Waals surface area contributed by atoms with Crippen molar-refractivity contribution < 1.29 is 18.7 Å². The zero-order valence-corrected chi connectivity index (χ0v) is 18.6. The molecule has 0 aliphatic rings. The van der Waals surface area contributed by atoms with Crippen LogP contribution in [0.1, 0.15) is 5.76 Å². The number of methoxy groups -OCH3 is 1. The standard InChI is InChI=1S/C26H21ClN2O4/c1-31-25-13-9-20(15-23(25)27)24-14-12-22(33-24)16-28-29-26(30)17-32-21-10-7-19(8-11-21)18-5-3-2-4-6-18/h2-16H,17H2,1H3,(H,29,30). The Bertz CT molecular complexity index is 1250. The molecule has 33 heavy (non-hydrogen) atoms. The van der Waals surface area contributed by atoms with Gasteiger partial charge in [0.15, 0.2) is 6.61 Å². The van der Waals surface area contributed by atoms with Crippen LogP contribution in [0.25, 0.3) is 22.5 Å². The Balaban J connectivity index is 1.27. The first-order valence-corrected chi connectivity index (χ1v) is 10.5. The summed E-state index contributed by atoms with van der Waals surface area (Å²) in [4.78, 5) is 12.0. The summed E-state index contributed by atoms with van der Waals surface area (Å²) >= 11 is 6.16. The number of furan rings is 1. The highest BCUT2D eigenvalue weighted by molar-refractivity contribution is 6.32. The van der Waals surface area contributed by atoms with E-state index in [9.17, 15) is 4.79 Å². The summed E-state index contributed by atoms with van der Waals surface area (Å²) in [6.45, 7) is -0.157. The first-order valence-electron chi connectivity index (χ1n) is 10.2. The molecule has 1 amide bonds. The lowest BCUT2D eigenvalue weighted by molar-refractivity contribution is -0.123. The van der Waals surface area contributed by atoms with Crippen LogP contribution in [0.15, 0.2) is 94.4 Å². The van der Waals surface area contributed by atoms with E-state index in [-0.39, 0.29) is 12.5 Å². The first kappa shape index (κ1) is 22.2. The van der Waals surface area contributed by atoms with Crippen LogP contribution in [0, 0.1) is 0 Å². The number of hydrogen-bond acceptors (Lipinski definition) is 5. The van der Waals surface area contributed by atoms with E-state index in [1.54, 1.807) is 31.4 Å². The van der Waals surface area contributed by atoms with Gasteiger partial charge in [0.1, 0.15) is 23.0 Å². The third-order valence-corrected chi connectivity index (χ3v) is 5.07. The summed E-state index contributed by atoms with van der Waals surface area (Å²) in [7, 11) is 1.56. The van der Waals surface area contributed by atoms with Crippen molar-refractivity contribution in [3.8, 4) is 33.9 Å². The molecule has 6 nitrogen and oxygen atoms in total. The highest BCUT2D eigenvalue weighted by atomic mass is 35.5. The molecule has 4 rings (SSSR count). The number of hydrazone groups is 1. The maximum Gasteiger partial charge on any atom is 0.277 e. The van der Waals surface area contributed by atoms with E-state index < -0.39 is 0 Å². The minimum atomic E-state index is -0.382. The normalized spacial score (nSPS) is 10.8. The van der Waals surface area contributed by atoms with Gasteiger partial charge in [-0.1, -0.05) is 54.1 Å². The van der Waals surface area contributed by atoms with Crippen molar-refractivity contribution in [1.29, 1.82) is 0 Å². The second-order valence-corrected chi connectivity index (χ2v) is 7.43. The number of amides is 1. The van der Waals surface area contributed by atoms with E-state index in [4.69, 9.17) is 25.5 Å². The van der Waals surface area contributed by atoms with Crippen molar-refractivity contribution in [2.45, 2.75) is 0 Å². The van der Waals surface area contributed by atoms with Gasteiger partial charge in [-0.05, 0) is 53.6 Å². The van der Waals surface area contributed by atoms with Gasteiger partial charge in [-0.3, -0.25) is 4.79 Å².